The Morgan fingerprint density at radius 2 is 1.49 bits per heavy atom. The number of benzene rings is 2. The van der Waals surface area contributed by atoms with E-state index in [9.17, 15) is 35.9 Å². The van der Waals surface area contributed by atoms with Crippen molar-refractivity contribution in [1.82, 2.24) is 0 Å². The summed E-state index contributed by atoms with van der Waals surface area (Å²) in [5, 5.41) is 0. The molecular formula is C23H15F6NO5. The lowest BCUT2D eigenvalue weighted by molar-refractivity contribution is -0.139. The largest absolute Gasteiger partial charge is 0.465 e. The minimum Gasteiger partial charge on any atom is -0.465 e. The van der Waals surface area contributed by atoms with Crippen LogP contribution >= 0.6 is 0 Å². The fourth-order valence-electron chi connectivity index (χ4n) is 3.02. The van der Waals surface area contributed by atoms with Crippen molar-refractivity contribution in [3.05, 3.63) is 89.0 Å². The fourth-order valence-corrected chi connectivity index (χ4v) is 3.02. The molecule has 3 rings (SSSR count). The first-order chi connectivity index (χ1) is 16.5. The Hall–Kier alpha value is -4.22. The lowest BCUT2D eigenvalue weighted by atomic mass is 10.1. The maximum Gasteiger partial charge on any atom is 0.416 e. The minimum absolute atomic E-state index is 0.0154. The van der Waals surface area contributed by atoms with Crippen LogP contribution in [0.3, 0.4) is 0 Å². The highest BCUT2D eigenvalue weighted by Crippen LogP contribution is 2.37. The highest BCUT2D eigenvalue weighted by Gasteiger charge is 2.33. The Bertz CT molecular complexity index is 1240. The number of ether oxygens (including phenoxy) is 3. The van der Waals surface area contributed by atoms with Crippen LogP contribution in [0.25, 0.3) is 0 Å². The molecule has 2 aromatic carbocycles. The van der Waals surface area contributed by atoms with Gasteiger partial charge < -0.3 is 19.1 Å². The molecule has 1 aliphatic rings. The monoisotopic (exact) mass is 499 g/mol. The van der Waals surface area contributed by atoms with E-state index in [4.69, 9.17) is 9.47 Å². The van der Waals surface area contributed by atoms with Crippen molar-refractivity contribution in [2.24, 2.45) is 0 Å². The average Bonchev–Trinajstić information content (AvgIpc) is 3.03. The van der Waals surface area contributed by atoms with Crippen LogP contribution in [0.2, 0.25) is 0 Å². The van der Waals surface area contributed by atoms with Crippen LogP contribution in [0.5, 0.6) is 11.5 Å². The summed E-state index contributed by atoms with van der Waals surface area (Å²) in [6, 6.07) is 2.94. The Balaban J connectivity index is 2.01. The van der Waals surface area contributed by atoms with E-state index in [1.165, 1.54) is 30.5 Å². The van der Waals surface area contributed by atoms with Gasteiger partial charge in [-0.05, 0) is 36.4 Å². The van der Waals surface area contributed by atoms with Gasteiger partial charge in [-0.2, -0.15) is 13.2 Å². The van der Waals surface area contributed by atoms with E-state index in [0.29, 0.717) is 0 Å². The third-order valence-electron chi connectivity index (χ3n) is 4.62. The molecule has 1 aliphatic heterocycles. The van der Waals surface area contributed by atoms with E-state index in [2.05, 4.69) is 4.74 Å². The molecule has 0 saturated carbocycles. The number of alkyl halides is 3. The van der Waals surface area contributed by atoms with E-state index >= 15 is 0 Å². The standard InChI is InChI=1S/C23H15F6NO5/c1-33-21(31)14-5-3-4-8-30(19(14)22(32)34-2)13-6-7-18(15(24)11-13)35-20-16(25)9-12(10-17(20)26)23(27,28)29/h3-11H,1-2H3. The molecule has 0 bridgehead atoms. The zero-order valence-corrected chi connectivity index (χ0v) is 18.0. The Morgan fingerprint density at radius 1 is 0.857 bits per heavy atom. The molecule has 12 heteroatoms. The van der Waals surface area contributed by atoms with Crippen LogP contribution in [-0.4, -0.2) is 26.2 Å². The van der Waals surface area contributed by atoms with Crippen molar-refractivity contribution in [3.63, 3.8) is 0 Å². The highest BCUT2D eigenvalue weighted by atomic mass is 19.4. The van der Waals surface area contributed by atoms with Gasteiger partial charge in [0.15, 0.2) is 29.0 Å². The second-order valence-electron chi connectivity index (χ2n) is 6.80. The van der Waals surface area contributed by atoms with Gasteiger partial charge >= 0.3 is 18.1 Å². The topological polar surface area (TPSA) is 65.1 Å². The molecule has 0 spiro atoms. The van der Waals surface area contributed by atoms with E-state index < -0.39 is 52.6 Å². The molecule has 0 aromatic heterocycles. The Labute approximate surface area is 194 Å². The summed E-state index contributed by atoms with van der Waals surface area (Å²) in [7, 11) is 2.15. The SMILES string of the molecule is COC(=O)C1=C(C(=O)OC)N(c2ccc(Oc3c(F)cc(C(F)(F)F)cc3F)c(F)c2)C=CC=C1. The van der Waals surface area contributed by atoms with Crippen molar-refractivity contribution in [3.8, 4) is 11.5 Å². The maximum atomic E-state index is 14.8. The second kappa shape index (κ2) is 9.95. The molecule has 35 heavy (non-hydrogen) atoms. The van der Waals surface area contributed by atoms with Gasteiger partial charge in [-0.25, -0.2) is 22.8 Å². The van der Waals surface area contributed by atoms with Crippen molar-refractivity contribution >= 4 is 17.6 Å². The molecule has 0 amide bonds. The molecule has 0 unspecified atom stereocenters. The van der Waals surface area contributed by atoms with Crippen LogP contribution in [0.15, 0.2) is 66.0 Å². The first kappa shape index (κ1) is 25.4. The number of nitrogens with zero attached hydrogens (tertiary/aromatic N) is 1. The summed E-state index contributed by atoms with van der Waals surface area (Å²) in [4.78, 5) is 25.7. The lowest BCUT2D eigenvalue weighted by Gasteiger charge is -2.23. The summed E-state index contributed by atoms with van der Waals surface area (Å²) >= 11 is 0. The van der Waals surface area contributed by atoms with Crippen molar-refractivity contribution in [1.29, 1.82) is 0 Å². The number of hydrogen-bond acceptors (Lipinski definition) is 6. The van der Waals surface area contributed by atoms with Gasteiger partial charge in [0.2, 0.25) is 0 Å². The van der Waals surface area contributed by atoms with Gasteiger partial charge in [0.05, 0.1) is 25.4 Å². The number of esters is 2. The van der Waals surface area contributed by atoms with Gasteiger partial charge in [-0.15, -0.1) is 0 Å². The molecule has 0 aliphatic carbocycles. The summed E-state index contributed by atoms with van der Waals surface area (Å²) in [6.45, 7) is 0. The highest BCUT2D eigenvalue weighted by molar-refractivity contribution is 6.05. The summed E-state index contributed by atoms with van der Waals surface area (Å²) in [6.07, 6.45) is 0.422. The van der Waals surface area contributed by atoms with E-state index in [1.807, 2.05) is 0 Å². The van der Waals surface area contributed by atoms with Crippen LogP contribution in [0.4, 0.5) is 32.0 Å². The number of hydrogen-bond donors (Lipinski definition) is 0. The quantitative estimate of drug-likeness (QED) is 0.405. The number of halogens is 6. The number of rotatable bonds is 5. The molecule has 1 heterocycles. The zero-order chi connectivity index (χ0) is 25.9. The summed E-state index contributed by atoms with van der Waals surface area (Å²) in [5.41, 5.74) is -2.15. The smallest absolute Gasteiger partial charge is 0.416 e. The summed E-state index contributed by atoms with van der Waals surface area (Å²) < 4.78 is 95.4. The van der Waals surface area contributed by atoms with Crippen molar-refractivity contribution < 1.29 is 50.1 Å². The number of carbonyl (C=O) groups excluding carboxylic acids is 2. The van der Waals surface area contributed by atoms with Crippen LogP contribution in [0.1, 0.15) is 5.56 Å². The number of methoxy groups -OCH3 is 2. The predicted octanol–water partition coefficient (Wildman–Crippen LogP) is 5.41. The van der Waals surface area contributed by atoms with Crippen molar-refractivity contribution in [2.45, 2.75) is 6.18 Å². The maximum absolute atomic E-state index is 14.8. The first-order valence-corrected chi connectivity index (χ1v) is 9.56. The van der Waals surface area contributed by atoms with Crippen molar-refractivity contribution in [2.75, 3.05) is 19.1 Å². The van der Waals surface area contributed by atoms with Gasteiger partial charge in [0.25, 0.3) is 0 Å². The molecule has 184 valence electrons. The minimum atomic E-state index is -5.00. The van der Waals surface area contributed by atoms with Gasteiger partial charge in [0, 0.05) is 18.0 Å². The van der Waals surface area contributed by atoms with Crippen LogP contribution in [0, 0.1) is 17.5 Å². The lowest BCUT2D eigenvalue weighted by Crippen LogP contribution is -2.27. The number of carbonyl (C=O) groups is 2. The number of anilines is 1. The first-order valence-electron chi connectivity index (χ1n) is 9.56. The molecule has 6 nitrogen and oxygen atoms in total. The third-order valence-corrected chi connectivity index (χ3v) is 4.62. The summed E-state index contributed by atoms with van der Waals surface area (Å²) in [5.74, 6) is -8.38. The molecule has 0 saturated heterocycles. The fraction of sp³-hybridized carbons (Fsp3) is 0.130. The molecule has 0 atom stereocenters. The third kappa shape index (κ3) is 5.31. The second-order valence-corrected chi connectivity index (χ2v) is 6.80. The predicted molar refractivity (Wildman–Crippen MR) is 110 cm³/mol. The molecule has 0 N–H and O–H groups in total. The van der Waals surface area contributed by atoms with E-state index in [1.54, 1.807) is 0 Å². The average molecular weight is 499 g/mol. The van der Waals surface area contributed by atoms with Crippen LogP contribution in [-0.2, 0) is 25.2 Å². The Morgan fingerprint density at radius 3 is 2.03 bits per heavy atom. The zero-order valence-electron chi connectivity index (χ0n) is 18.0. The van der Waals surface area contributed by atoms with Gasteiger partial charge in [0.1, 0.15) is 5.70 Å². The Kier molecular flexibility index (Phi) is 7.22. The molecule has 0 fully saturated rings. The van der Waals surface area contributed by atoms with E-state index in [0.717, 1.165) is 31.3 Å². The van der Waals surface area contributed by atoms with Gasteiger partial charge in [-0.1, -0.05) is 6.08 Å². The molecule has 0 radical (unpaired) electrons. The molecule has 2 aromatic rings. The number of allylic oxidation sites excluding steroid dienone is 2. The molecular weight excluding hydrogens is 484 g/mol. The van der Waals surface area contributed by atoms with Crippen LogP contribution < -0.4 is 9.64 Å². The van der Waals surface area contributed by atoms with Gasteiger partial charge in [-0.3, -0.25) is 0 Å². The normalized spacial score (nSPS) is 13.5. The van der Waals surface area contributed by atoms with E-state index in [-0.39, 0.29) is 29.1 Å².